The molecule has 0 spiro atoms. The van der Waals surface area contributed by atoms with Gasteiger partial charge in [0.1, 0.15) is 0 Å². The third-order valence-corrected chi connectivity index (χ3v) is 2.56. The van der Waals surface area contributed by atoms with Crippen LogP contribution in [0.15, 0.2) is 12.1 Å². The average Bonchev–Trinajstić information content (AvgIpc) is 2.37. The number of nitrogens with two attached hydrogens (primary N) is 1. The van der Waals surface area contributed by atoms with Crippen LogP contribution in [-0.2, 0) is 22.5 Å². The van der Waals surface area contributed by atoms with Crippen LogP contribution in [0.2, 0.25) is 0 Å². The Hall–Kier alpha value is -2.00. The monoisotopic (exact) mass is 268 g/mol. The number of rotatable bonds is 5. The van der Waals surface area contributed by atoms with E-state index in [1.807, 2.05) is 6.07 Å². The van der Waals surface area contributed by atoms with Crippen molar-refractivity contribution in [1.29, 1.82) is 5.26 Å². The molecule has 0 aromatic heterocycles. The van der Waals surface area contributed by atoms with E-state index in [-0.39, 0.29) is 41.8 Å². The second-order valence-corrected chi connectivity index (χ2v) is 3.81. The topological polar surface area (TPSA) is 76.1 Å². The molecule has 0 fully saturated rings. The highest BCUT2D eigenvalue weighted by atomic mass is 19.3. The molecule has 0 aliphatic heterocycles. The van der Waals surface area contributed by atoms with Gasteiger partial charge in [-0.1, -0.05) is 0 Å². The van der Waals surface area contributed by atoms with Crippen LogP contribution in [0.25, 0.3) is 0 Å². The van der Waals surface area contributed by atoms with Crippen LogP contribution in [0.3, 0.4) is 0 Å². The van der Waals surface area contributed by atoms with Crippen LogP contribution in [0.5, 0.6) is 0 Å². The Bertz CT molecular complexity index is 510. The summed E-state index contributed by atoms with van der Waals surface area (Å²) in [6, 6.07) is 4.45. The van der Waals surface area contributed by atoms with Gasteiger partial charge in [0.15, 0.2) is 0 Å². The fraction of sp³-hybridized carbons (Fsp3) is 0.385. The molecular formula is C13H14F2N2O2. The summed E-state index contributed by atoms with van der Waals surface area (Å²) in [6.45, 7) is 1.68. The maximum absolute atomic E-state index is 13.1. The summed E-state index contributed by atoms with van der Waals surface area (Å²) < 4.78 is 30.8. The highest BCUT2D eigenvalue weighted by Crippen LogP contribution is 2.28. The van der Waals surface area contributed by atoms with E-state index in [0.717, 1.165) is 0 Å². The smallest absolute Gasteiger partial charge is 0.310 e. The zero-order chi connectivity index (χ0) is 14.4. The molecule has 0 aliphatic carbocycles. The van der Waals surface area contributed by atoms with Crippen molar-refractivity contribution in [3.8, 4) is 6.07 Å². The summed E-state index contributed by atoms with van der Waals surface area (Å²) in [4.78, 5) is 11.4. The van der Waals surface area contributed by atoms with Crippen LogP contribution >= 0.6 is 0 Å². The van der Waals surface area contributed by atoms with Gasteiger partial charge in [-0.25, -0.2) is 8.78 Å². The minimum absolute atomic E-state index is 0.0907. The fourth-order valence-corrected chi connectivity index (χ4v) is 1.81. The number of hydrogen-bond acceptors (Lipinski definition) is 4. The summed E-state index contributed by atoms with van der Waals surface area (Å²) >= 11 is 0. The zero-order valence-corrected chi connectivity index (χ0v) is 10.5. The lowest BCUT2D eigenvalue weighted by atomic mass is 9.96. The summed E-state index contributed by atoms with van der Waals surface area (Å²) in [5, 5.41) is 8.85. The lowest BCUT2D eigenvalue weighted by Crippen LogP contribution is -2.12. The van der Waals surface area contributed by atoms with Crippen LogP contribution < -0.4 is 5.73 Å². The predicted octanol–water partition coefficient (Wildman–Crippen LogP) is 2.06. The van der Waals surface area contributed by atoms with Crippen molar-refractivity contribution in [2.75, 3.05) is 6.61 Å². The van der Waals surface area contributed by atoms with Crippen LogP contribution in [0.4, 0.5) is 8.78 Å². The lowest BCUT2D eigenvalue weighted by Gasteiger charge is -2.13. The Morgan fingerprint density at radius 3 is 2.58 bits per heavy atom. The minimum atomic E-state index is -2.75. The van der Waals surface area contributed by atoms with Gasteiger partial charge in [-0.05, 0) is 30.2 Å². The lowest BCUT2D eigenvalue weighted by molar-refractivity contribution is -0.142. The molecule has 19 heavy (non-hydrogen) atoms. The van der Waals surface area contributed by atoms with Gasteiger partial charge < -0.3 is 10.5 Å². The average molecular weight is 268 g/mol. The summed E-state index contributed by atoms with van der Waals surface area (Å²) in [5.41, 5.74) is 5.59. The summed E-state index contributed by atoms with van der Waals surface area (Å²) in [7, 11) is 0. The normalized spacial score (nSPS) is 10.3. The number of benzene rings is 1. The number of halogens is 2. The van der Waals surface area contributed by atoms with Gasteiger partial charge in [0.2, 0.25) is 0 Å². The van der Waals surface area contributed by atoms with Crippen molar-refractivity contribution >= 4 is 5.97 Å². The zero-order valence-electron chi connectivity index (χ0n) is 10.5. The molecule has 0 heterocycles. The standard InChI is InChI=1S/C13H14F2N2O2/c1-2-19-11(18)5-9-3-8(6-16)4-10(7-17)12(9)13(14)15/h3-4,13H,2,5,7,17H2,1H3. The van der Waals surface area contributed by atoms with Gasteiger partial charge in [0.25, 0.3) is 6.43 Å². The number of carbonyl (C=O) groups is 1. The largest absolute Gasteiger partial charge is 0.466 e. The summed E-state index contributed by atoms with van der Waals surface area (Å²) in [6.07, 6.45) is -3.05. The van der Waals surface area contributed by atoms with E-state index in [1.54, 1.807) is 6.92 Å². The van der Waals surface area contributed by atoms with Crippen LogP contribution in [-0.4, -0.2) is 12.6 Å². The molecule has 0 unspecified atom stereocenters. The third-order valence-electron chi connectivity index (χ3n) is 2.56. The van der Waals surface area contributed by atoms with E-state index in [4.69, 9.17) is 15.7 Å². The molecule has 0 saturated carbocycles. The van der Waals surface area contributed by atoms with Crippen molar-refractivity contribution in [2.24, 2.45) is 5.73 Å². The molecule has 0 aliphatic rings. The molecule has 1 aromatic carbocycles. The van der Waals surface area contributed by atoms with Gasteiger partial charge >= 0.3 is 5.97 Å². The Morgan fingerprint density at radius 1 is 1.47 bits per heavy atom. The SMILES string of the molecule is CCOC(=O)Cc1cc(C#N)cc(CN)c1C(F)F. The minimum Gasteiger partial charge on any atom is -0.466 e. The first-order valence-electron chi connectivity index (χ1n) is 5.73. The Kier molecular flexibility index (Phi) is 5.39. The highest BCUT2D eigenvalue weighted by Gasteiger charge is 2.20. The predicted molar refractivity (Wildman–Crippen MR) is 64.3 cm³/mol. The Morgan fingerprint density at radius 2 is 2.11 bits per heavy atom. The van der Waals surface area contributed by atoms with Crippen molar-refractivity contribution in [3.63, 3.8) is 0 Å². The van der Waals surface area contributed by atoms with Gasteiger partial charge in [-0.2, -0.15) is 5.26 Å². The number of ether oxygens (including phenoxy) is 1. The van der Waals surface area contributed by atoms with E-state index in [1.165, 1.54) is 12.1 Å². The van der Waals surface area contributed by atoms with Crippen LogP contribution in [0, 0.1) is 11.3 Å². The van der Waals surface area contributed by atoms with E-state index in [9.17, 15) is 13.6 Å². The Balaban J connectivity index is 3.26. The fourth-order valence-electron chi connectivity index (χ4n) is 1.81. The number of hydrogen-bond donors (Lipinski definition) is 1. The van der Waals surface area contributed by atoms with E-state index >= 15 is 0 Å². The summed E-state index contributed by atoms with van der Waals surface area (Å²) in [5.74, 6) is -0.609. The van der Waals surface area contributed by atoms with Crippen molar-refractivity contribution < 1.29 is 18.3 Å². The van der Waals surface area contributed by atoms with Crippen molar-refractivity contribution in [1.82, 2.24) is 0 Å². The maximum atomic E-state index is 13.1. The number of alkyl halides is 2. The van der Waals surface area contributed by atoms with E-state index < -0.39 is 12.4 Å². The maximum Gasteiger partial charge on any atom is 0.310 e. The molecule has 1 rings (SSSR count). The molecule has 0 amide bonds. The number of esters is 1. The highest BCUT2D eigenvalue weighted by molar-refractivity contribution is 5.73. The first-order chi connectivity index (χ1) is 9.03. The molecule has 0 radical (unpaired) electrons. The first-order valence-corrected chi connectivity index (χ1v) is 5.73. The van der Waals surface area contributed by atoms with Gasteiger partial charge in [0, 0.05) is 12.1 Å². The molecule has 2 N–H and O–H groups in total. The molecule has 102 valence electrons. The second kappa shape index (κ2) is 6.81. The third kappa shape index (κ3) is 3.73. The first kappa shape index (κ1) is 15.1. The number of nitriles is 1. The quantitative estimate of drug-likeness (QED) is 0.829. The van der Waals surface area contributed by atoms with Crippen LogP contribution in [0.1, 0.15) is 35.6 Å². The van der Waals surface area contributed by atoms with Crippen molar-refractivity contribution in [3.05, 3.63) is 34.4 Å². The van der Waals surface area contributed by atoms with Crippen molar-refractivity contribution in [2.45, 2.75) is 26.3 Å². The Labute approximate surface area is 109 Å². The molecule has 1 aromatic rings. The van der Waals surface area contributed by atoms with E-state index in [2.05, 4.69) is 0 Å². The van der Waals surface area contributed by atoms with Gasteiger partial charge in [-0.15, -0.1) is 0 Å². The van der Waals surface area contributed by atoms with E-state index in [0.29, 0.717) is 0 Å². The number of carbonyl (C=O) groups excluding carboxylic acids is 1. The number of nitrogens with zero attached hydrogens (tertiary/aromatic N) is 1. The molecular weight excluding hydrogens is 254 g/mol. The molecule has 0 bridgehead atoms. The molecule has 0 atom stereocenters. The molecule has 0 saturated heterocycles. The molecule has 4 nitrogen and oxygen atoms in total. The second-order valence-electron chi connectivity index (χ2n) is 3.81. The van der Waals surface area contributed by atoms with Gasteiger partial charge in [-0.3, -0.25) is 4.79 Å². The molecule has 6 heteroatoms. The van der Waals surface area contributed by atoms with Gasteiger partial charge in [0.05, 0.1) is 24.7 Å².